The number of hydrogen-bond donors (Lipinski definition) is 3. The van der Waals surface area contributed by atoms with Crippen LogP contribution in [0.4, 0.5) is 4.79 Å². The van der Waals surface area contributed by atoms with E-state index in [2.05, 4.69) is 15.4 Å². The third kappa shape index (κ3) is 2.92. The van der Waals surface area contributed by atoms with Gasteiger partial charge < -0.3 is 10.3 Å². The van der Waals surface area contributed by atoms with Crippen LogP contribution in [0.3, 0.4) is 0 Å². The fourth-order valence-electron chi connectivity index (χ4n) is 3.38. The predicted octanol–water partition coefficient (Wildman–Crippen LogP) is 0.515. The van der Waals surface area contributed by atoms with Gasteiger partial charge in [-0.2, -0.15) is 0 Å². The van der Waals surface area contributed by atoms with Crippen molar-refractivity contribution in [3.63, 3.8) is 0 Å². The lowest BCUT2D eigenvalue weighted by Crippen LogP contribution is -2.41. The van der Waals surface area contributed by atoms with E-state index in [0.717, 1.165) is 9.58 Å². The van der Waals surface area contributed by atoms with E-state index < -0.39 is 34.0 Å². The maximum absolute atomic E-state index is 12.9. The third-order valence-electron chi connectivity index (χ3n) is 4.88. The number of nitrogens with zero attached hydrogens (tertiary/aromatic N) is 2. The summed E-state index contributed by atoms with van der Waals surface area (Å²) >= 11 is 5.93. The molecule has 29 heavy (non-hydrogen) atoms. The Morgan fingerprint density at radius 2 is 1.79 bits per heavy atom. The largest absolute Gasteiger partial charge is 0.350 e. The second-order valence-corrected chi connectivity index (χ2v) is 7.74. The van der Waals surface area contributed by atoms with Crippen molar-refractivity contribution in [1.29, 1.82) is 0 Å². The van der Waals surface area contributed by atoms with Crippen LogP contribution in [0.1, 0.15) is 13.8 Å². The number of pyridine rings is 1. The van der Waals surface area contributed by atoms with Crippen molar-refractivity contribution in [2.45, 2.75) is 25.9 Å². The van der Waals surface area contributed by atoms with Gasteiger partial charge in [0.05, 0.1) is 18.6 Å². The molecule has 0 radical (unpaired) electrons. The summed E-state index contributed by atoms with van der Waals surface area (Å²) < 4.78 is 0.924. The maximum Gasteiger partial charge on any atom is 0.325 e. The van der Waals surface area contributed by atoms with E-state index in [0.29, 0.717) is 10.5 Å². The average molecular weight is 418 g/mol. The molecule has 1 saturated heterocycles. The molecule has 1 fully saturated rings. The van der Waals surface area contributed by atoms with Crippen LogP contribution in [0.25, 0.3) is 21.8 Å². The summed E-state index contributed by atoms with van der Waals surface area (Å²) in [5.74, 6) is -0.445. The quantitative estimate of drug-likeness (QED) is 0.421. The standard InChI is InChI=1S/C18H16ClN5O5/c1-18(2)16(28)23(17(29)21-18)5-6-24-15(27)11-12(14(26)22-24)20-10-7-8(19)3-4-9(10)13(11)25/h3-4,7H,5-6H2,1-2H3,(H,20,25)(H,21,29)(H,22,26). The highest BCUT2D eigenvalue weighted by molar-refractivity contribution is 6.31. The van der Waals surface area contributed by atoms with Gasteiger partial charge in [-0.25, -0.2) is 9.48 Å². The van der Waals surface area contributed by atoms with Gasteiger partial charge >= 0.3 is 6.03 Å². The molecule has 2 aromatic heterocycles. The Morgan fingerprint density at radius 1 is 1.07 bits per heavy atom. The zero-order valence-corrected chi connectivity index (χ0v) is 16.2. The minimum absolute atomic E-state index is 0.142. The first-order valence-corrected chi connectivity index (χ1v) is 9.10. The first-order chi connectivity index (χ1) is 13.6. The highest BCUT2D eigenvalue weighted by Crippen LogP contribution is 2.17. The predicted molar refractivity (Wildman–Crippen MR) is 106 cm³/mol. The molecule has 0 unspecified atom stereocenters. The van der Waals surface area contributed by atoms with Crippen molar-refractivity contribution in [1.82, 2.24) is 25.0 Å². The van der Waals surface area contributed by atoms with E-state index >= 15 is 0 Å². The van der Waals surface area contributed by atoms with E-state index in [-0.39, 0.29) is 29.4 Å². The summed E-state index contributed by atoms with van der Waals surface area (Å²) in [5.41, 5.74) is -2.90. The lowest BCUT2D eigenvalue weighted by molar-refractivity contribution is -0.130. The zero-order chi connectivity index (χ0) is 21.1. The molecule has 3 aromatic rings. The Hall–Kier alpha value is -3.40. The van der Waals surface area contributed by atoms with Crippen LogP contribution in [0, 0.1) is 0 Å². The van der Waals surface area contributed by atoms with Crippen LogP contribution < -0.4 is 21.9 Å². The van der Waals surface area contributed by atoms with Crippen molar-refractivity contribution in [2.75, 3.05) is 6.54 Å². The highest BCUT2D eigenvalue weighted by Gasteiger charge is 2.43. The Bertz CT molecular complexity index is 1380. The molecular formula is C18H16ClN5O5. The molecule has 10 nitrogen and oxygen atoms in total. The number of urea groups is 1. The normalized spacial score (nSPS) is 16.0. The van der Waals surface area contributed by atoms with Crippen LogP contribution in [0.15, 0.2) is 32.6 Å². The molecule has 0 saturated carbocycles. The lowest BCUT2D eigenvalue weighted by atomic mass is 10.1. The minimum Gasteiger partial charge on any atom is -0.350 e. The van der Waals surface area contributed by atoms with Gasteiger partial charge in [0.15, 0.2) is 0 Å². The summed E-state index contributed by atoms with van der Waals surface area (Å²) in [6.07, 6.45) is 0. The number of rotatable bonds is 3. The number of nitrogens with one attached hydrogen (secondary N) is 3. The van der Waals surface area contributed by atoms with Gasteiger partial charge in [-0.3, -0.25) is 29.2 Å². The molecule has 3 N–H and O–H groups in total. The fraction of sp³-hybridized carbons (Fsp3) is 0.278. The number of aromatic nitrogens is 3. The van der Waals surface area contributed by atoms with Gasteiger partial charge in [0.2, 0.25) is 5.43 Å². The summed E-state index contributed by atoms with van der Waals surface area (Å²) in [4.78, 5) is 66.1. The van der Waals surface area contributed by atoms with E-state index in [1.54, 1.807) is 13.8 Å². The summed E-state index contributed by atoms with van der Waals surface area (Å²) in [7, 11) is 0. The minimum atomic E-state index is -1.05. The van der Waals surface area contributed by atoms with Gasteiger partial charge in [-0.1, -0.05) is 11.6 Å². The summed E-state index contributed by atoms with van der Waals surface area (Å²) in [6.45, 7) is 2.82. The highest BCUT2D eigenvalue weighted by atomic mass is 35.5. The number of benzene rings is 1. The smallest absolute Gasteiger partial charge is 0.325 e. The van der Waals surface area contributed by atoms with Gasteiger partial charge in [-0.05, 0) is 32.0 Å². The molecule has 1 aromatic carbocycles. The summed E-state index contributed by atoms with van der Waals surface area (Å²) in [5, 5.41) is 5.19. The molecule has 0 aliphatic carbocycles. The molecule has 0 atom stereocenters. The van der Waals surface area contributed by atoms with Crippen molar-refractivity contribution in [2.24, 2.45) is 0 Å². The number of carbonyl (C=O) groups excluding carboxylic acids is 2. The van der Waals surface area contributed by atoms with Crippen LogP contribution in [0.2, 0.25) is 5.02 Å². The molecule has 3 amide bonds. The Kier molecular flexibility index (Phi) is 4.12. The van der Waals surface area contributed by atoms with E-state index in [1.807, 2.05) is 0 Å². The van der Waals surface area contributed by atoms with Crippen LogP contribution in [0.5, 0.6) is 0 Å². The van der Waals surface area contributed by atoms with E-state index in [1.165, 1.54) is 18.2 Å². The topological polar surface area (TPSA) is 137 Å². The van der Waals surface area contributed by atoms with Gasteiger partial charge in [-0.15, -0.1) is 0 Å². The first kappa shape index (κ1) is 18.9. The monoisotopic (exact) mass is 417 g/mol. The van der Waals surface area contributed by atoms with Crippen molar-refractivity contribution < 1.29 is 9.59 Å². The molecule has 150 valence electrons. The van der Waals surface area contributed by atoms with Crippen molar-refractivity contribution in [3.8, 4) is 0 Å². The molecule has 1 aliphatic rings. The van der Waals surface area contributed by atoms with E-state index in [9.17, 15) is 24.0 Å². The number of carbonyl (C=O) groups is 2. The average Bonchev–Trinajstić information content (AvgIpc) is 2.84. The van der Waals surface area contributed by atoms with Gasteiger partial charge in [0.1, 0.15) is 16.4 Å². The molecule has 4 rings (SSSR count). The maximum atomic E-state index is 12.9. The number of halogens is 1. The van der Waals surface area contributed by atoms with E-state index in [4.69, 9.17) is 11.6 Å². The van der Waals surface area contributed by atoms with Crippen LogP contribution >= 0.6 is 11.6 Å². The molecule has 0 bridgehead atoms. The number of hydrogen-bond acceptors (Lipinski definition) is 5. The van der Waals surface area contributed by atoms with Crippen molar-refractivity contribution in [3.05, 3.63) is 54.2 Å². The fourth-order valence-corrected chi connectivity index (χ4v) is 3.55. The Balaban J connectivity index is 1.80. The molecule has 0 spiro atoms. The molecular weight excluding hydrogens is 402 g/mol. The number of imide groups is 1. The number of H-pyrrole nitrogens is 2. The first-order valence-electron chi connectivity index (χ1n) is 8.72. The molecule has 1 aliphatic heterocycles. The van der Waals surface area contributed by atoms with Crippen LogP contribution in [-0.4, -0.2) is 43.7 Å². The van der Waals surface area contributed by atoms with Gasteiger partial charge in [0, 0.05) is 10.4 Å². The molecule has 3 heterocycles. The Morgan fingerprint density at radius 3 is 2.45 bits per heavy atom. The Labute approximate surface area is 167 Å². The number of fused-ring (bicyclic) bond motifs is 2. The second kappa shape index (κ2) is 6.31. The lowest BCUT2D eigenvalue weighted by Gasteiger charge is -2.16. The zero-order valence-electron chi connectivity index (χ0n) is 15.5. The second-order valence-electron chi connectivity index (χ2n) is 7.30. The SMILES string of the molecule is CC1(C)NC(=O)N(CCn2[nH]c(=O)c3[nH]c4cc(Cl)ccc4c(=O)c3c2=O)C1=O. The van der Waals surface area contributed by atoms with Crippen LogP contribution in [-0.2, 0) is 11.3 Å². The van der Waals surface area contributed by atoms with Gasteiger partial charge in [0.25, 0.3) is 17.0 Å². The molecule has 11 heteroatoms. The number of aromatic amines is 2. The number of amides is 3. The summed E-state index contributed by atoms with van der Waals surface area (Å²) in [6, 6.07) is 3.88. The van der Waals surface area contributed by atoms with Crippen molar-refractivity contribution >= 4 is 45.3 Å². The third-order valence-corrected chi connectivity index (χ3v) is 5.11.